The standard InChI is InChI=1S/C12H19NO3S2/c1-8-5-12(17-11(8)7-14)18(15,16)13-9(2)6-10-3-4-10/h5,9-10,13-14H,3-4,6-7H2,1-2H3. The lowest BCUT2D eigenvalue weighted by molar-refractivity contribution is 0.285. The summed E-state index contributed by atoms with van der Waals surface area (Å²) < 4.78 is 27.3. The molecule has 1 fully saturated rings. The molecule has 102 valence electrons. The lowest BCUT2D eigenvalue weighted by Crippen LogP contribution is -2.32. The third kappa shape index (κ3) is 3.32. The third-order valence-corrected chi connectivity index (χ3v) is 6.43. The highest BCUT2D eigenvalue weighted by atomic mass is 32.2. The van der Waals surface area contributed by atoms with E-state index in [9.17, 15) is 8.42 Å². The Kier molecular flexibility index (Phi) is 4.11. The van der Waals surface area contributed by atoms with Crippen molar-refractivity contribution in [2.75, 3.05) is 0 Å². The second kappa shape index (κ2) is 5.28. The summed E-state index contributed by atoms with van der Waals surface area (Å²) in [5.41, 5.74) is 0.831. The first kappa shape index (κ1) is 14.0. The van der Waals surface area contributed by atoms with Crippen molar-refractivity contribution in [2.24, 2.45) is 5.92 Å². The van der Waals surface area contributed by atoms with Crippen LogP contribution in [0.25, 0.3) is 0 Å². The predicted molar refractivity (Wildman–Crippen MR) is 72.1 cm³/mol. The fourth-order valence-electron chi connectivity index (χ4n) is 2.00. The maximum atomic E-state index is 12.1. The number of aliphatic hydroxyl groups excluding tert-OH is 1. The van der Waals surface area contributed by atoms with Crippen LogP contribution in [0.1, 0.15) is 36.6 Å². The molecule has 0 aromatic carbocycles. The second-order valence-corrected chi connectivity index (χ2v) is 8.11. The van der Waals surface area contributed by atoms with Crippen molar-refractivity contribution in [3.8, 4) is 0 Å². The van der Waals surface area contributed by atoms with Gasteiger partial charge in [-0.1, -0.05) is 12.8 Å². The number of sulfonamides is 1. The average molecular weight is 289 g/mol. The Bertz CT molecular complexity index is 517. The van der Waals surface area contributed by atoms with Crippen LogP contribution in [0.2, 0.25) is 0 Å². The summed E-state index contributed by atoms with van der Waals surface area (Å²) in [6, 6.07) is 1.60. The molecule has 0 saturated heterocycles. The molecule has 0 bridgehead atoms. The van der Waals surface area contributed by atoms with Gasteiger partial charge in [-0.25, -0.2) is 13.1 Å². The van der Waals surface area contributed by atoms with Crippen LogP contribution in [-0.2, 0) is 16.6 Å². The van der Waals surface area contributed by atoms with E-state index in [0.717, 1.165) is 23.3 Å². The smallest absolute Gasteiger partial charge is 0.250 e. The molecule has 2 N–H and O–H groups in total. The van der Waals surface area contributed by atoms with Crippen LogP contribution >= 0.6 is 11.3 Å². The van der Waals surface area contributed by atoms with E-state index in [1.165, 1.54) is 12.8 Å². The summed E-state index contributed by atoms with van der Waals surface area (Å²) >= 11 is 1.14. The number of rotatable bonds is 6. The van der Waals surface area contributed by atoms with Gasteiger partial charge in [0.05, 0.1) is 6.61 Å². The van der Waals surface area contributed by atoms with Gasteiger partial charge in [0.2, 0.25) is 10.0 Å². The van der Waals surface area contributed by atoms with Crippen LogP contribution in [0.4, 0.5) is 0 Å². The van der Waals surface area contributed by atoms with Gasteiger partial charge in [0.1, 0.15) is 4.21 Å². The first-order chi connectivity index (χ1) is 8.42. The Morgan fingerprint density at radius 1 is 1.56 bits per heavy atom. The first-order valence-corrected chi connectivity index (χ1v) is 8.45. The molecule has 1 aliphatic rings. The van der Waals surface area contributed by atoms with Gasteiger partial charge in [-0.05, 0) is 37.8 Å². The molecule has 1 unspecified atom stereocenters. The molecule has 0 radical (unpaired) electrons. The van der Waals surface area contributed by atoms with E-state index in [0.29, 0.717) is 15.0 Å². The van der Waals surface area contributed by atoms with Crippen molar-refractivity contribution >= 4 is 21.4 Å². The van der Waals surface area contributed by atoms with Crippen molar-refractivity contribution in [1.29, 1.82) is 0 Å². The van der Waals surface area contributed by atoms with Crippen LogP contribution in [0.3, 0.4) is 0 Å². The Morgan fingerprint density at radius 3 is 2.72 bits per heavy atom. The zero-order chi connectivity index (χ0) is 13.3. The minimum Gasteiger partial charge on any atom is -0.391 e. The van der Waals surface area contributed by atoms with Crippen LogP contribution < -0.4 is 4.72 Å². The summed E-state index contributed by atoms with van der Waals surface area (Å²) in [7, 11) is -3.43. The molecule has 1 aromatic rings. The van der Waals surface area contributed by atoms with E-state index in [4.69, 9.17) is 5.11 Å². The number of aryl methyl sites for hydroxylation is 1. The second-order valence-electron chi connectivity index (χ2n) is 5.03. The molecular weight excluding hydrogens is 270 g/mol. The van der Waals surface area contributed by atoms with Crippen molar-refractivity contribution in [3.05, 3.63) is 16.5 Å². The average Bonchev–Trinajstić information content (AvgIpc) is 2.97. The highest BCUT2D eigenvalue weighted by Crippen LogP contribution is 2.34. The zero-order valence-corrected chi connectivity index (χ0v) is 12.3. The van der Waals surface area contributed by atoms with E-state index in [-0.39, 0.29) is 12.6 Å². The summed E-state index contributed by atoms with van der Waals surface area (Å²) in [5.74, 6) is 0.695. The van der Waals surface area contributed by atoms with E-state index in [1.54, 1.807) is 6.07 Å². The van der Waals surface area contributed by atoms with E-state index in [2.05, 4.69) is 4.72 Å². The van der Waals surface area contributed by atoms with E-state index < -0.39 is 10.0 Å². The molecule has 1 aliphatic carbocycles. The third-order valence-electron chi connectivity index (χ3n) is 3.15. The monoisotopic (exact) mass is 289 g/mol. The van der Waals surface area contributed by atoms with Crippen LogP contribution in [0, 0.1) is 12.8 Å². The molecule has 18 heavy (non-hydrogen) atoms. The maximum Gasteiger partial charge on any atom is 0.250 e. The van der Waals surface area contributed by atoms with Crippen molar-refractivity contribution in [3.63, 3.8) is 0 Å². The fraction of sp³-hybridized carbons (Fsp3) is 0.667. The first-order valence-electron chi connectivity index (χ1n) is 6.15. The van der Waals surface area contributed by atoms with Gasteiger partial charge in [-0.3, -0.25) is 0 Å². The maximum absolute atomic E-state index is 12.1. The molecule has 0 amide bonds. The molecule has 6 heteroatoms. The Balaban J connectivity index is 2.08. The van der Waals surface area contributed by atoms with Gasteiger partial charge in [0, 0.05) is 10.9 Å². The Labute approximate surface area is 112 Å². The van der Waals surface area contributed by atoms with Crippen molar-refractivity contribution in [2.45, 2.75) is 50.0 Å². The van der Waals surface area contributed by atoms with Crippen molar-refractivity contribution in [1.82, 2.24) is 4.72 Å². The van der Waals surface area contributed by atoms with Gasteiger partial charge in [0.25, 0.3) is 0 Å². The number of nitrogens with one attached hydrogen (secondary N) is 1. The van der Waals surface area contributed by atoms with Gasteiger partial charge in [0.15, 0.2) is 0 Å². The number of hydrogen-bond donors (Lipinski definition) is 2. The number of hydrogen-bond acceptors (Lipinski definition) is 4. The van der Waals surface area contributed by atoms with Crippen LogP contribution in [0.15, 0.2) is 10.3 Å². The molecule has 0 aliphatic heterocycles. The topological polar surface area (TPSA) is 66.4 Å². The predicted octanol–water partition coefficient (Wildman–Crippen LogP) is 2.02. The minimum atomic E-state index is -3.43. The lowest BCUT2D eigenvalue weighted by Gasteiger charge is -2.12. The summed E-state index contributed by atoms with van der Waals surface area (Å²) in [6.07, 6.45) is 3.36. The molecule has 0 spiro atoms. The van der Waals surface area contributed by atoms with Crippen molar-refractivity contribution < 1.29 is 13.5 Å². The van der Waals surface area contributed by atoms with Gasteiger partial charge in [-0.15, -0.1) is 11.3 Å². The normalized spacial score (nSPS) is 17.9. The number of aliphatic hydroxyl groups is 1. The molecule has 1 atom stereocenters. The quantitative estimate of drug-likeness (QED) is 0.842. The SMILES string of the molecule is Cc1cc(S(=O)(=O)NC(C)CC2CC2)sc1CO. The number of thiophene rings is 1. The van der Waals surface area contributed by atoms with Crippen LogP contribution in [0.5, 0.6) is 0 Å². The largest absolute Gasteiger partial charge is 0.391 e. The van der Waals surface area contributed by atoms with E-state index in [1.807, 2.05) is 13.8 Å². The molecule has 1 heterocycles. The Hall–Kier alpha value is -0.430. The van der Waals surface area contributed by atoms with Gasteiger partial charge >= 0.3 is 0 Å². The molecule has 2 rings (SSSR count). The molecular formula is C12H19NO3S2. The fourth-order valence-corrected chi connectivity index (χ4v) is 4.72. The molecule has 1 aromatic heterocycles. The van der Waals surface area contributed by atoms with E-state index >= 15 is 0 Å². The minimum absolute atomic E-state index is 0.0255. The van der Waals surface area contributed by atoms with Crippen LogP contribution in [-0.4, -0.2) is 19.6 Å². The highest BCUT2D eigenvalue weighted by Gasteiger charge is 2.27. The summed E-state index contributed by atoms with van der Waals surface area (Å²) in [5, 5.41) is 9.10. The zero-order valence-electron chi connectivity index (χ0n) is 10.6. The summed E-state index contributed by atoms with van der Waals surface area (Å²) in [4.78, 5) is 0.713. The summed E-state index contributed by atoms with van der Waals surface area (Å²) in [6.45, 7) is 3.61. The van der Waals surface area contributed by atoms with Gasteiger partial charge in [-0.2, -0.15) is 0 Å². The Morgan fingerprint density at radius 2 is 2.22 bits per heavy atom. The molecule has 1 saturated carbocycles. The van der Waals surface area contributed by atoms with Gasteiger partial charge < -0.3 is 5.11 Å². The highest BCUT2D eigenvalue weighted by molar-refractivity contribution is 7.91. The lowest BCUT2D eigenvalue weighted by atomic mass is 10.2. The molecule has 4 nitrogen and oxygen atoms in total.